The maximum atomic E-state index is 13.1. The minimum absolute atomic E-state index is 0.249. The lowest BCUT2D eigenvalue weighted by atomic mass is 10.1. The molecule has 0 spiro atoms. The van der Waals surface area contributed by atoms with Crippen LogP contribution in [0.5, 0.6) is 0 Å². The van der Waals surface area contributed by atoms with Crippen molar-refractivity contribution in [1.82, 2.24) is 5.32 Å². The van der Waals surface area contributed by atoms with E-state index in [1.165, 1.54) is 0 Å². The van der Waals surface area contributed by atoms with Crippen LogP contribution in [0.4, 0.5) is 13.2 Å². The molecule has 0 saturated carbocycles. The van der Waals surface area contributed by atoms with Crippen LogP contribution in [0.15, 0.2) is 12.1 Å². The fourth-order valence-electron chi connectivity index (χ4n) is 1.09. The minimum Gasteiger partial charge on any atom is -0.350 e. The molecule has 1 N–H and O–H groups in total. The van der Waals surface area contributed by atoms with Gasteiger partial charge in [0.1, 0.15) is 23.0 Å². The summed E-state index contributed by atoms with van der Waals surface area (Å²) in [5.74, 6) is -4.35. The van der Waals surface area contributed by atoms with E-state index in [1.807, 2.05) is 0 Å². The van der Waals surface area contributed by atoms with Gasteiger partial charge < -0.3 is 5.32 Å². The molecule has 0 radical (unpaired) electrons. The Labute approximate surface area is 85.1 Å². The smallest absolute Gasteiger partial charge is 0.257 e. The van der Waals surface area contributed by atoms with E-state index in [-0.39, 0.29) is 6.04 Å². The van der Waals surface area contributed by atoms with Crippen LogP contribution in [0.25, 0.3) is 0 Å². The predicted molar refractivity (Wildman–Crippen MR) is 48.9 cm³/mol. The van der Waals surface area contributed by atoms with E-state index in [9.17, 15) is 18.0 Å². The third-order valence-corrected chi connectivity index (χ3v) is 1.65. The van der Waals surface area contributed by atoms with Crippen LogP contribution in [0.2, 0.25) is 0 Å². The van der Waals surface area contributed by atoms with Gasteiger partial charge in [-0.15, -0.1) is 0 Å². The van der Waals surface area contributed by atoms with Crippen molar-refractivity contribution in [3.8, 4) is 0 Å². The van der Waals surface area contributed by atoms with E-state index in [2.05, 4.69) is 5.32 Å². The lowest BCUT2D eigenvalue weighted by Crippen LogP contribution is -2.31. The second-order valence-electron chi connectivity index (χ2n) is 3.37. The topological polar surface area (TPSA) is 29.1 Å². The lowest BCUT2D eigenvalue weighted by Gasteiger charge is -2.09. The normalized spacial score (nSPS) is 10.5. The van der Waals surface area contributed by atoms with Crippen LogP contribution < -0.4 is 5.32 Å². The van der Waals surface area contributed by atoms with Crippen LogP contribution in [0.3, 0.4) is 0 Å². The van der Waals surface area contributed by atoms with E-state index in [4.69, 9.17) is 0 Å². The summed E-state index contributed by atoms with van der Waals surface area (Å²) in [6.45, 7) is 3.30. The average Bonchev–Trinajstić information content (AvgIpc) is 1.99. The zero-order chi connectivity index (χ0) is 11.6. The predicted octanol–water partition coefficient (Wildman–Crippen LogP) is 2.24. The summed E-state index contributed by atoms with van der Waals surface area (Å²) in [5.41, 5.74) is -0.759. The molecule has 0 atom stereocenters. The quantitative estimate of drug-likeness (QED) is 0.808. The Kier molecular flexibility index (Phi) is 3.34. The molecule has 1 aromatic rings. The highest BCUT2D eigenvalue weighted by Crippen LogP contribution is 2.14. The highest BCUT2D eigenvalue weighted by atomic mass is 19.1. The van der Waals surface area contributed by atoms with Gasteiger partial charge in [0.2, 0.25) is 0 Å². The van der Waals surface area contributed by atoms with Gasteiger partial charge in [-0.25, -0.2) is 13.2 Å². The zero-order valence-electron chi connectivity index (χ0n) is 8.27. The lowest BCUT2D eigenvalue weighted by molar-refractivity contribution is 0.0934. The molecule has 0 heterocycles. The minimum atomic E-state index is -1.20. The number of hydrogen-bond acceptors (Lipinski definition) is 1. The summed E-state index contributed by atoms with van der Waals surface area (Å²) < 4.78 is 38.7. The summed E-state index contributed by atoms with van der Waals surface area (Å²) in [6.07, 6.45) is 0. The number of hydrogen-bond donors (Lipinski definition) is 1. The highest BCUT2D eigenvalue weighted by molar-refractivity contribution is 5.94. The maximum Gasteiger partial charge on any atom is 0.257 e. The van der Waals surface area contributed by atoms with Crippen LogP contribution in [0, 0.1) is 17.5 Å². The number of nitrogens with one attached hydrogen (secondary N) is 1. The summed E-state index contributed by atoms with van der Waals surface area (Å²) in [5, 5.41) is 2.32. The monoisotopic (exact) mass is 217 g/mol. The van der Waals surface area contributed by atoms with Crippen molar-refractivity contribution in [3.63, 3.8) is 0 Å². The maximum absolute atomic E-state index is 13.1. The molecule has 0 saturated heterocycles. The number of carbonyl (C=O) groups is 1. The molecule has 0 bridgehead atoms. The van der Waals surface area contributed by atoms with Crippen molar-refractivity contribution in [3.05, 3.63) is 35.1 Å². The first-order valence-electron chi connectivity index (χ1n) is 4.37. The molecule has 0 fully saturated rings. The van der Waals surface area contributed by atoms with E-state index in [1.54, 1.807) is 13.8 Å². The van der Waals surface area contributed by atoms with Gasteiger partial charge in [0, 0.05) is 18.2 Å². The van der Waals surface area contributed by atoms with E-state index in [0.29, 0.717) is 12.1 Å². The second kappa shape index (κ2) is 4.33. The van der Waals surface area contributed by atoms with Crippen LogP contribution >= 0.6 is 0 Å². The molecule has 82 valence electrons. The van der Waals surface area contributed by atoms with Gasteiger partial charge in [-0.05, 0) is 13.8 Å². The fourth-order valence-corrected chi connectivity index (χ4v) is 1.09. The molecule has 15 heavy (non-hydrogen) atoms. The molecule has 0 aliphatic heterocycles. The standard InChI is InChI=1S/C10H10F3NO/c1-5(2)14-10(15)9-7(12)3-6(11)4-8(9)13/h3-5H,1-2H3,(H,14,15). The number of halogens is 3. The first-order valence-corrected chi connectivity index (χ1v) is 4.37. The van der Waals surface area contributed by atoms with Crippen molar-refractivity contribution >= 4 is 5.91 Å². The van der Waals surface area contributed by atoms with Gasteiger partial charge >= 0.3 is 0 Å². The van der Waals surface area contributed by atoms with E-state index >= 15 is 0 Å². The zero-order valence-corrected chi connectivity index (χ0v) is 8.27. The number of rotatable bonds is 2. The molecule has 1 rings (SSSR count). The van der Waals surface area contributed by atoms with Crippen molar-refractivity contribution < 1.29 is 18.0 Å². The second-order valence-corrected chi connectivity index (χ2v) is 3.37. The Hall–Kier alpha value is -1.52. The Bertz CT molecular complexity index is 367. The van der Waals surface area contributed by atoms with Crippen molar-refractivity contribution in [2.45, 2.75) is 19.9 Å². The Morgan fingerprint density at radius 1 is 1.20 bits per heavy atom. The Balaban J connectivity index is 3.09. The van der Waals surface area contributed by atoms with Crippen molar-refractivity contribution in [2.75, 3.05) is 0 Å². The molecular formula is C10H10F3NO. The molecule has 2 nitrogen and oxygen atoms in total. The molecule has 0 aliphatic carbocycles. The Morgan fingerprint density at radius 3 is 2.07 bits per heavy atom. The molecule has 1 aromatic carbocycles. The average molecular weight is 217 g/mol. The van der Waals surface area contributed by atoms with Crippen LogP contribution in [-0.2, 0) is 0 Å². The summed E-state index contributed by atoms with van der Waals surface area (Å²) in [4.78, 5) is 11.3. The first kappa shape index (κ1) is 11.6. The fraction of sp³-hybridized carbons (Fsp3) is 0.300. The molecule has 0 aromatic heterocycles. The van der Waals surface area contributed by atoms with Crippen molar-refractivity contribution in [2.24, 2.45) is 0 Å². The number of amides is 1. The molecule has 1 amide bonds. The van der Waals surface area contributed by atoms with Gasteiger partial charge in [-0.1, -0.05) is 0 Å². The van der Waals surface area contributed by atoms with Crippen LogP contribution in [-0.4, -0.2) is 11.9 Å². The summed E-state index contributed by atoms with van der Waals surface area (Å²) >= 11 is 0. The van der Waals surface area contributed by atoms with Gasteiger partial charge in [0.05, 0.1) is 0 Å². The third kappa shape index (κ3) is 2.71. The molecule has 0 aliphatic rings. The number of carbonyl (C=O) groups excluding carboxylic acids is 1. The Morgan fingerprint density at radius 2 is 1.67 bits per heavy atom. The third-order valence-electron chi connectivity index (χ3n) is 1.65. The summed E-state index contributed by atoms with van der Waals surface area (Å²) in [6, 6.07) is 0.692. The van der Waals surface area contributed by atoms with Gasteiger partial charge in [0.25, 0.3) is 5.91 Å². The van der Waals surface area contributed by atoms with E-state index < -0.39 is 28.9 Å². The first-order chi connectivity index (χ1) is 6.91. The molecule has 0 unspecified atom stereocenters. The SMILES string of the molecule is CC(C)NC(=O)c1c(F)cc(F)cc1F. The van der Waals surface area contributed by atoms with E-state index in [0.717, 1.165) is 0 Å². The highest BCUT2D eigenvalue weighted by Gasteiger charge is 2.19. The molecule has 5 heteroatoms. The van der Waals surface area contributed by atoms with Gasteiger partial charge in [0.15, 0.2) is 0 Å². The summed E-state index contributed by atoms with van der Waals surface area (Å²) in [7, 11) is 0. The molecular weight excluding hydrogens is 207 g/mol. The van der Waals surface area contributed by atoms with Crippen molar-refractivity contribution in [1.29, 1.82) is 0 Å². The largest absolute Gasteiger partial charge is 0.350 e. The number of benzene rings is 1. The van der Waals surface area contributed by atoms with Crippen LogP contribution in [0.1, 0.15) is 24.2 Å². The van der Waals surface area contributed by atoms with Gasteiger partial charge in [-0.3, -0.25) is 4.79 Å². The van der Waals surface area contributed by atoms with Gasteiger partial charge in [-0.2, -0.15) is 0 Å².